The lowest BCUT2D eigenvalue weighted by Crippen LogP contribution is -2.44. The van der Waals surface area contributed by atoms with Crippen LogP contribution in [0.4, 0.5) is 5.69 Å². The molecule has 0 bridgehead atoms. The zero-order valence-electron chi connectivity index (χ0n) is 11.0. The Morgan fingerprint density at radius 2 is 2.00 bits per heavy atom. The highest BCUT2D eigenvalue weighted by Crippen LogP contribution is 2.15. The molecule has 0 saturated heterocycles. The molecule has 0 aliphatic rings. The Balaban J connectivity index is 2.94. The topological polar surface area (TPSA) is 101 Å². The minimum atomic E-state index is -0.946. The van der Waals surface area contributed by atoms with Gasteiger partial charge in [-0.2, -0.15) is 0 Å². The van der Waals surface area contributed by atoms with E-state index in [0.717, 1.165) is 0 Å². The molecule has 0 aliphatic carbocycles. The Kier molecular flexibility index (Phi) is 5.30. The molecule has 0 saturated carbocycles. The summed E-state index contributed by atoms with van der Waals surface area (Å²) in [5, 5.41) is 4.97. The third kappa shape index (κ3) is 4.14. The molecule has 0 aliphatic heterocycles. The van der Waals surface area contributed by atoms with Crippen molar-refractivity contribution in [2.75, 3.05) is 5.32 Å². The summed E-state index contributed by atoms with van der Waals surface area (Å²) in [4.78, 5) is 34.3. The minimum absolute atomic E-state index is 0.00335. The predicted octanol–water partition coefficient (Wildman–Crippen LogP) is 0.252. The normalized spacial score (nSPS) is 11.0. The summed E-state index contributed by atoms with van der Waals surface area (Å²) < 4.78 is 0. The van der Waals surface area contributed by atoms with Crippen LogP contribution in [-0.4, -0.2) is 23.8 Å². The average molecular weight is 273 g/mol. The molecular formula is C14H15N3O3. The molecule has 20 heavy (non-hydrogen) atoms. The Labute approximate surface area is 116 Å². The van der Waals surface area contributed by atoms with Crippen molar-refractivity contribution in [3.8, 4) is 12.3 Å². The summed E-state index contributed by atoms with van der Waals surface area (Å²) >= 11 is 0. The van der Waals surface area contributed by atoms with Gasteiger partial charge in [-0.3, -0.25) is 14.4 Å². The van der Waals surface area contributed by atoms with E-state index in [1.807, 2.05) is 0 Å². The molecule has 6 heteroatoms. The van der Waals surface area contributed by atoms with Crippen molar-refractivity contribution in [3.05, 3.63) is 29.8 Å². The summed E-state index contributed by atoms with van der Waals surface area (Å²) in [6, 6.07) is 5.47. The number of rotatable bonds is 5. The van der Waals surface area contributed by atoms with E-state index in [-0.39, 0.29) is 17.9 Å². The molecule has 4 N–H and O–H groups in total. The molecule has 0 heterocycles. The van der Waals surface area contributed by atoms with E-state index in [2.05, 4.69) is 16.6 Å². The zero-order valence-corrected chi connectivity index (χ0v) is 11.0. The van der Waals surface area contributed by atoms with Gasteiger partial charge in [-0.15, -0.1) is 12.3 Å². The minimum Gasteiger partial charge on any atom is -0.368 e. The van der Waals surface area contributed by atoms with Crippen LogP contribution in [0.2, 0.25) is 0 Å². The van der Waals surface area contributed by atoms with Gasteiger partial charge in [0, 0.05) is 13.3 Å². The molecule has 104 valence electrons. The van der Waals surface area contributed by atoms with Crippen molar-refractivity contribution < 1.29 is 14.4 Å². The van der Waals surface area contributed by atoms with E-state index < -0.39 is 17.9 Å². The molecule has 1 rings (SSSR count). The van der Waals surface area contributed by atoms with Gasteiger partial charge in [-0.05, 0) is 12.1 Å². The number of primary amides is 1. The van der Waals surface area contributed by atoms with Gasteiger partial charge in [-0.25, -0.2) is 0 Å². The summed E-state index contributed by atoms with van der Waals surface area (Å²) in [7, 11) is 0. The second kappa shape index (κ2) is 6.95. The quantitative estimate of drug-likeness (QED) is 0.670. The molecular weight excluding hydrogens is 258 g/mol. The first kappa shape index (κ1) is 15.2. The summed E-state index contributed by atoms with van der Waals surface area (Å²) in [6.45, 7) is 1.33. The Hall–Kier alpha value is -2.81. The number of nitrogens with two attached hydrogens (primary N) is 1. The highest BCUT2D eigenvalue weighted by molar-refractivity contribution is 6.04. The number of benzene rings is 1. The van der Waals surface area contributed by atoms with E-state index >= 15 is 0 Å². The van der Waals surface area contributed by atoms with Crippen molar-refractivity contribution >= 4 is 23.4 Å². The molecule has 1 atom stereocenters. The number of terminal acetylenes is 1. The monoisotopic (exact) mass is 273 g/mol. The number of para-hydroxylation sites is 1. The smallest absolute Gasteiger partial charge is 0.254 e. The molecule has 3 amide bonds. The summed E-state index contributed by atoms with van der Waals surface area (Å²) in [5.74, 6) is 0.714. The van der Waals surface area contributed by atoms with Gasteiger partial charge < -0.3 is 16.4 Å². The van der Waals surface area contributed by atoms with E-state index in [4.69, 9.17) is 12.2 Å². The van der Waals surface area contributed by atoms with Crippen molar-refractivity contribution in [1.82, 2.24) is 5.32 Å². The number of amides is 3. The first-order chi connectivity index (χ1) is 9.45. The fourth-order valence-electron chi connectivity index (χ4n) is 1.56. The molecule has 0 radical (unpaired) electrons. The maximum atomic E-state index is 12.1. The third-order valence-electron chi connectivity index (χ3n) is 2.45. The van der Waals surface area contributed by atoms with Gasteiger partial charge in [0.2, 0.25) is 11.8 Å². The lowest BCUT2D eigenvalue weighted by atomic mass is 10.1. The van der Waals surface area contributed by atoms with Gasteiger partial charge in [0.05, 0.1) is 11.3 Å². The Morgan fingerprint density at radius 3 is 2.55 bits per heavy atom. The van der Waals surface area contributed by atoms with E-state index in [0.29, 0.717) is 5.69 Å². The van der Waals surface area contributed by atoms with Gasteiger partial charge in [0.15, 0.2) is 0 Å². The van der Waals surface area contributed by atoms with Gasteiger partial charge in [0.25, 0.3) is 5.91 Å². The number of nitrogens with one attached hydrogen (secondary N) is 2. The highest BCUT2D eigenvalue weighted by atomic mass is 16.2. The molecule has 0 unspecified atom stereocenters. The summed E-state index contributed by atoms with van der Waals surface area (Å²) in [5.41, 5.74) is 5.73. The number of carbonyl (C=O) groups excluding carboxylic acids is 3. The molecule has 1 aromatic carbocycles. The van der Waals surface area contributed by atoms with Crippen LogP contribution in [-0.2, 0) is 9.59 Å². The first-order valence-corrected chi connectivity index (χ1v) is 5.86. The average Bonchev–Trinajstić information content (AvgIpc) is 2.37. The number of anilines is 1. The third-order valence-corrected chi connectivity index (χ3v) is 2.45. The number of hydrogen-bond acceptors (Lipinski definition) is 3. The maximum Gasteiger partial charge on any atom is 0.254 e. The highest BCUT2D eigenvalue weighted by Gasteiger charge is 2.19. The van der Waals surface area contributed by atoms with Gasteiger partial charge >= 0.3 is 0 Å². The van der Waals surface area contributed by atoms with Crippen LogP contribution < -0.4 is 16.4 Å². The van der Waals surface area contributed by atoms with Crippen molar-refractivity contribution in [1.29, 1.82) is 0 Å². The van der Waals surface area contributed by atoms with Gasteiger partial charge in [-0.1, -0.05) is 12.1 Å². The lowest BCUT2D eigenvalue weighted by molar-refractivity contribution is -0.119. The summed E-state index contributed by atoms with van der Waals surface area (Å²) in [6.07, 6.45) is 5.11. The van der Waals surface area contributed by atoms with Crippen LogP contribution in [0.15, 0.2) is 24.3 Å². The molecule has 6 nitrogen and oxygen atoms in total. The van der Waals surface area contributed by atoms with E-state index in [9.17, 15) is 14.4 Å². The van der Waals surface area contributed by atoms with Crippen molar-refractivity contribution in [2.45, 2.75) is 19.4 Å². The molecule has 0 fully saturated rings. The second-order valence-electron chi connectivity index (χ2n) is 4.06. The first-order valence-electron chi connectivity index (χ1n) is 5.86. The number of carbonyl (C=O) groups is 3. The predicted molar refractivity (Wildman–Crippen MR) is 74.6 cm³/mol. The van der Waals surface area contributed by atoms with Crippen LogP contribution in [0.3, 0.4) is 0 Å². The molecule has 1 aromatic rings. The van der Waals surface area contributed by atoms with Crippen LogP contribution in [0.25, 0.3) is 0 Å². The van der Waals surface area contributed by atoms with Gasteiger partial charge in [0.1, 0.15) is 6.04 Å². The number of hydrogen-bond donors (Lipinski definition) is 3. The van der Waals surface area contributed by atoms with Crippen molar-refractivity contribution in [3.63, 3.8) is 0 Å². The maximum absolute atomic E-state index is 12.1. The Bertz CT molecular complexity index is 575. The van der Waals surface area contributed by atoms with Crippen molar-refractivity contribution in [2.24, 2.45) is 5.73 Å². The van der Waals surface area contributed by atoms with Crippen LogP contribution in [0.5, 0.6) is 0 Å². The fraction of sp³-hybridized carbons (Fsp3) is 0.214. The SMILES string of the molecule is C#CC[C@@H](NC(=O)c1ccccc1NC(C)=O)C(N)=O. The van der Waals surface area contributed by atoms with E-state index in [1.54, 1.807) is 18.2 Å². The lowest BCUT2D eigenvalue weighted by Gasteiger charge is -2.15. The second-order valence-corrected chi connectivity index (χ2v) is 4.06. The van der Waals surface area contributed by atoms with Crippen LogP contribution >= 0.6 is 0 Å². The zero-order chi connectivity index (χ0) is 15.1. The Morgan fingerprint density at radius 1 is 1.35 bits per heavy atom. The van der Waals surface area contributed by atoms with E-state index in [1.165, 1.54) is 13.0 Å². The van der Waals surface area contributed by atoms with Crippen LogP contribution in [0.1, 0.15) is 23.7 Å². The van der Waals surface area contributed by atoms with Crippen LogP contribution in [0, 0.1) is 12.3 Å². The molecule has 0 aromatic heterocycles. The fourth-order valence-corrected chi connectivity index (χ4v) is 1.56. The standard InChI is InChI=1S/C14H15N3O3/c1-3-6-12(13(15)19)17-14(20)10-7-4-5-8-11(10)16-9(2)18/h1,4-5,7-8,12H,6H2,2H3,(H2,15,19)(H,16,18)(H,17,20)/t12-/m1/s1. The largest absolute Gasteiger partial charge is 0.368 e. The molecule has 0 spiro atoms.